The summed E-state index contributed by atoms with van der Waals surface area (Å²) in [6.07, 6.45) is 7.11. The maximum atomic E-state index is 12.9. The number of nitrogens with zero attached hydrogens (tertiary/aromatic N) is 1. The molecule has 2 unspecified atom stereocenters. The Morgan fingerprint density at radius 2 is 2.04 bits per heavy atom. The van der Waals surface area contributed by atoms with Gasteiger partial charge in [0.15, 0.2) is 0 Å². The number of likely N-dealkylation sites (tertiary alicyclic amines) is 1. The van der Waals surface area contributed by atoms with Crippen LogP contribution in [0.25, 0.3) is 0 Å². The minimum atomic E-state index is -0.313. The molecule has 0 bridgehead atoms. The molecule has 3 N–H and O–H groups in total. The second-order valence-corrected chi connectivity index (χ2v) is 7.26. The van der Waals surface area contributed by atoms with Gasteiger partial charge in [0.25, 0.3) is 0 Å². The first-order chi connectivity index (χ1) is 12.1. The number of amides is 2. The van der Waals surface area contributed by atoms with Gasteiger partial charge in [-0.15, -0.1) is 12.4 Å². The van der Waals surface area contributed by atoms with Crippen LogP contribution >= 0.6 is 12.4 Å². The monoisotopic (exact) mass is 379 g/mol. The van der Waals surface area contributed by atoms with Crippen LogP contribution in [0.5, 0.6) is 0 Å². The Hall–Kier alpha value is -1.75. The summed E-state index contributed by atoms with van der Waals surface area (Å²) in [5.74, 6) is 0.109. The summed E-state index contributed by atoms with van der Waals surface area (Å²) < 4.78 is 0. The Morgan fingerprint density at radius 1 is 1.23 bits per heavy atom. The molecular weight excluding hydrogens is 350 g/mol. The van der Waals surface area contributed by atoms with Gasteiger partial charge in [0.05, 0.1) is 6.04 Å². The van der Waals surface area contributed by atoms with Crippen molar-refractivity contribution in [3.63, 3.8) is 0 Å². The van der Waals surface area contributed by atoms with Gasteiger partial charge in [0, 0.05) is 18.7 Å². The fourth-order valence-corrected chi connectivity index (χ4v) is 4.11. The molecule has 0 aromatic heterocycles. The van der Waals surface area contributed by atoms with Crippen LogP contribution in [0.4, 0.5) is 5.69 Å². The topological polar surface area (TPSA) is 75.4 Å². The number of hydrogen-bond donors (Lipinski definition) is 2. The quantitative estimate of drug-likeness (QED) is 0.787. The van der Waals surface area contributed by atoms with E-state index in [-0.39, 0.29) is 36.3 Å². The number of hydrogen-bond acceptors (Lipinski definition) is 3. The highest BCUT2D eigenvalue weighted by molar-refractivity contribution is 5.88. The number of aryl methyl sites for hydroxylation is 1. The minimum Gasteiger partial charge on any atom is -0.399 e. The van der Waals surface area contributed by atoms with Gasteiger partial charge < -0.3 is 16.0 Å². The first-order valence-corrected chi connectivity index (χ1v) is 9.58. The molecule has 2 amide bonds. The summed E-state index contributed by atoms with van der Waals surface area (Å²) >= 11 is 0. The van der Waals surface area contributed by atoms with Crippen LogP contribution in [-0.2, 0) is 16.0 Å². The maximum Gasteiger partial charge on any atom is 0.243 e. The molecule has 6 heteroatoms. The molecule has 1 saturated heterocycles. The van der Waals surface area contributed by atoms with Crippen LogP contribution in [-0.4, -0.2) is 29.3 Å². The number of nitrogens with one attached hydrogen (secondary N) is 1. The van der Waals surface area contributed by atoms with E-state index in [0.717, 1.165) is 50.6 Å². The number of anilines is 1. The molecule has 1 aliphatic carbocycles. The number of rotatable bonds is 4. The van der Waals surface area contributed by atoms with Gasteiger partial charge in [0.2, 0.25) is 11.8 Å². The van der Waals surface area contributed by atoms with Crippen molar-refractivity contribution in [2.24, 2.45) is 0 Å². The van der Waals surface area contributed by atoms with Crippen LogP contribution in [0.1, 0.15) is 69.0 Å². The lowest BCUT2D eigenvalue weighted by Gasteiger charge is -2.36. The Morgan fingerprint density at radius 3 is 2.81 bits per heavy atom. The highest BCUT2D eigenvalue weighted by Crippen LogP contribution is 2.31. The lowest BCUT2D eigenvalue weighted by molar-refractivity contribution is -0.142. The first-order valence-electron chi connectivity index (χ1n) is 9.58. The second kappa shape index (κ2) is 9.26. The number of fused-ring (bicyclic) bond motifs is 1. The number of halogens is 1. The van der Waals surface area contributed by atoms with Gasteiger partial charge in [-0.2, -0.15) is 0 Å². The Kier molecular flexibility index (Phi) is 7.33. The van der Waals surface area contributed by atoms with Gasteiger partial charge in [-0.3, -0.25) is 9.59 Å². The number of carbonyl (C=O) groups is 2. The fraction of sp³-hybridized carbons (Fsp3) is 0.600. The molecule has 3 rings (SSSR count). The molecule has 0 spiro atoms. The number of nitrogens with two attached hydrogens (primary N) is 1. The molecule has 1 fully saturated rings. The van der Waals surface area contributed by atoms with E-state index >= 15 is 0 Å². The van der Waals surface area contributed by atoms with E-state index in [0.29, 0.717) is 13.0 Å². The van der Waals surface area contributed by atoms with Crippen molar-refractivity contribution in [2.75, 3.05) is 12.3 Å². The summed E-state index contributed by atoms with van der Waals surface area (Å²) in [6, 6.07) is 5.68. The number of nitrogen functional groups attached to an aromatic ring is 1. The van der Waals surface area contributed by atoms with Crippen molar-refractivity contribution in [1.29, 1.82) is 0 Å². The Balaban J connectivity index is 0.00000243. The van der Waals surface area contributed by atoms with E-state index in [1.807, 2.05) is 25.1 Å². The third-order valence-electron chi connectivity index (χ3n) is 5.39. The summed E-state index contributed by atoms with van der Waals surface area (Å²) in [6.45, 7) is 2.70. The summed E-state index contributed by atoms with van der Waals surface area (Å²) in [4.78, 5) is 27.1. The van der Waals surface area contributed by atoms with E-state index in [4.69, 9.17) is 5.73 Å². The highest BCUT2D eigenvalue weighted by atomic mass is 35.5. The minimum absolute atomic E-state index is 0. The van der Waals surface area contributed by atoms with Crippen molar-refractivity contribution in [3.05, 3.63) is 29.3 Å². The summed E-state index contributed by atoms with van der Waals surface area (Å²) in [7, 11) is 0. The van der Waals surface area contributed by atoms with Gasteiger partial charge in [-0.25, -0.2) is 0 Å². The van der Waals surface area contributed by atoms with Gasteiger partial charge in [0.1, 0.15) is 6.04 Å². The standard InChI is InChI=1S/C20H29N3O2.ClH/c1-2-6-19(24)23-12-4-3-9-18(23)20(25)22-17-8-5-7-14-13-15(21)10-11-16(14)17;/h10-11,13,17-18H,2-9,12,21H2,1H3,(H,22,25);1H. The second-order valence-electron chi connectivity index (χ2n) is 7.26. The van der Waals surface area contributed by atoms with E-state index in [1.165, 1.54) is 11.1 Å². The van der Waals surface area contributed by atoms with E-state index in [9.17, 15) is 9.59 Å². The molecular formula is C20H30ClN3O2. The number of piperidine rings is 1. The molecule has 1 aliphatic heterocycles. The molecule has 1 aromatic carbocycles. The van der Waals surface area contributed by atoms with Crippen LogP contribution in [0, 0.1) is 0 Å². The molecule has 2 atom stereocenters. The van der Waals surface area contributed by atoms with Crippen molar-refractivity contribution in [2.45, 2.75) is 70.4 Å². The Bertz CT molecular complexity index is 650. The van der Waals surface area contributed by atoms with Crippen molar-refractivity contribution < 1.29 is 9.59 Å². The molecule has 144 valence electrons. The summed E-state index contributed by atoms with van der Waals surface area (Å²) in [5, 5.41) is 3.22. The molecule has 0 radical (unpaired) electrons. The zero-order chi connectivity index (χ0) is 17.8. The largest absolute Gasteiger partial charge is 0.399 e. The fourth-order valence-electron chi connectivity index (χ4n) is 4.11. The highest BCUT2D eigenvalue weighted by Gasteiger charge is 2.33. The van der Waals surface area contributed by atoms with Gasteiger partial charge in [-0.05, 0) is 68.2 Å². The zero-order valence-corrected chi connectivity index (χ0v) is 16.3. The van der Waals surface area contributed by atoms with E-state index < -0.39 is 0 Å². The third-order valence-corrected chi connectivity index (χ3v) is 5.39. The predicted molar refractivity (Wildman–Crippen MR) is 106 cm³/mol. The lowest BCUT2D eigenvalue weighted by atomic mass is 9.87. The average Bonchev–Trinajstić information content (AvgIpc) is 2.62. The SMILES string of the molecule is CCCC(=O)N1CCCCC1C(=O)NC1CCCc2cc(N)ccc21.Cl. The van der Waals surface area contributed by atoms with E-state index in [2.05, 4.69) is 5.32 Å². The van der Waals surface area contributed by atoms with Crippen molar-refractivity contribution in [3.8, 4) is 0 Å². The van der Waals surface area contributed by atoms with Crippen LogP contribution < -0.4 is 11.1 Å². The number of carbonyl (C=O) groups excluding carboxylic acids is 2. The van der Waals surface area contributed by atoms with Gasteiger partial charge in [-0.1, -0.05) is 13.0 Å². The zero-order valence-electron chi connectivity index (χ0n) is 15.5. The van der Waals surface area contributed by atoms with E-state index in [1.54, 1.807) is 4.90 Å². The number of benzene rings is 1. The molecule has 26 heavy (non-hydrogen) atoms. The van der Waals surface area contributed by atoms with Crippen LogP contribution in [0.3, 0.4) is 0 Å². The first kappa shape index (κ1) is 20.6. The summed E-state index contributed by atoms with van der Waals surface area (Å²) in [5.41, 5.74) is 9.08. The lowest BCUT2D eigenvalue weighted by Crippen LogP contribution is -2.52. The molecule has 1 heterocycles. The van der Waals surface area contributed by atoms with Crippen molar-refractivity contribution in [1.82, 2.24) is 10.2 Å². The molecule has 1 aromatic rings. The van der Waals surface area contributed by atoms with Crippen molar-refractivity contribution >= 4 is 29.9 Å². The maximum absolute atomic E-state index is 12.9. The Labute approximate surface area is 162 Å². The van der Waals surface area contributed by atoms with Crippen LogP contribution in [0.15, 0.2) is 18.2 Å². The normalized spacial score (nSPS) is 22.1. The average molecular weight is 380 g/mol. The molecule has 5 nitrogen and oxygen atoms in total. The third kappa shape index (κ3) is 4.50. The molecule has 0 saturated carbocycles. The predicted octanol–water partition coefficient (Wildman–Crippen LogP) is 3.37. The van der Waals surface area contributed by atoms with Crippen LogP contribution in [0.2, 0.25) is 0 Å². The van der Waals surface area contributed by atoms with Gasteiger partial charge >= 0.3 is 0 Å². The smallest absolute Gasteiger partial charge is 0.243 e. The molecule has 2 aliphatic rings.